The van der Waals surface area contributed by atoms with Gasteiger partial charge in [-0.2, -0.15) is 0 Å². The zero-order valence-electron chi connectivity index (χ0n) is 15.0. The number of hydrogen-bond donors (Lipinski definition) is 1. The van der Waals surface area contributed by atoms with Crippen molar-refractivity contribution in [1.82, 2.24) is 0 Å². The zero-order chi connectivity index (χ0) is 16.4. The summed E-state index contributed by atoms with van der Waals surface area (Å²) < 4.78 is 6.01. The molecule has 0 unspecified atom stereocenters. The van der Waals surface area contributed by atoms with E-state index in [1.165, 1.54) is 36.8 Å². The van der Waals surface area contributed by atoms with E-state index in [1.807, 2.05) is 6.08 Å². The van der Waals surface area contributed by atoms with Crippen molar-refractivity contribution in [1.29, 1.82) is 0 Å². The van der Waals surface area contributed by atoms with Crippen molar-refractivity contribution in [3.63, 3.8) is 0 Å². The van der Waals surface area contributed by atoms with Crippen molar-refractivity contribution in [2.75, 3.05) is 6.61 Å². The minimum absolute atomic E-state index is 0.0767. The highest BCUT2D eigenvalue weighted by Gasteiger charge is 2.51. The SMILES string of the molecule is C=C1CCCC(C)(C)[C@@H]1CC[C@@]1(C)O[C@@H]1CC/C(C)=C/CO. The summed E-state index contributed by atoms with van der Waals surface area (Å²) in [7, 11) is 0. The topological polar surface area (TPSA) is 32.8 Å². The van der Waals surface area contributed by atoms with E-state index in [0.29, 0.717) is 17.4 Å². The molecule has 0 radical (unpaired) electrons. The zero-order valence-corrected chi connectivity index (χ0v) is 15.0. The average molecular weight is 306 g/mol. The van der Waals surface area contributed by atoms with Crippen molar-refractivity contribution < 1.29 is 9.84 Å². The highest BCUT2D eigenvalue weighted by Crippen LogP contribution is 2.49. The Kier molecular flexibility index (Phi) is 5.55. The van der Waals surface area contributed by atoms with Crippen LogP contribution < -0.4 is 0 Å². The maximum atomic E-state index is 8.91. The third kappa shape index (κ3) is 4.23. The lowest BCUT2D eigenvalue weighted by Gasteiger charge is -2.40. The highest BCUT2D eigenvalue weighted by molar-refractivity contribution is 5.11. The fourth-order valence-corrected chi connectivity index (χ4v) is 4.19. The highest BCUT2D eigenvalue weighted by atomic mass is 16.6. The number of ether oxygens (including phenoxy) is 1. The Labute approximate surface area is 136 Å². The molecule has 2 rings (SSSR count). The second kappa shape index (κ2) is 6.88. The molecule has 0 aromatic heterocycles. The molecule has 2 nitrogen and oxygen atoms in total. The molecule has 1 heterocycles. The summed E-state index contributed by atoms with van der Waals surface area (Å²) in [5, 5.41) is 8.91. The lowest BCUT2D eigenvalue weighted by molar-refractivity contribution is 0.165. The molecule has 1 saturated heterocycles. The quantitative estimate of drug-likeness (QED) is 0.529. The van der Waals surface area contributed by atoms with Crippen LogP contribution in [0.3, 0.4) is 0 Å². The van der Waals surface area contributed by atoms with Gasteiger partial charge < -0.3 is 9.84 Å². The van der Waals surface area contributed by atoms with Gasteiger partial charge in [-0.3, -0.25) is 0 Å². The molecule has 1 N–H and O–H groups in total. The number of hydrogen-bond acceptors (Lipinski definition) is 2. The Balaban J connectivity index is 1.80. The van der Waals surface area contributed by atoms with Gasteiger partial charge in [-0.05, 0) is 70.1 Å². The van der Waals surface area contributed by atoms with E-state index in [2.05, 4.69) is 34.3 Å². The number of epoxide rings is 1. The summed E-state index contributed by atoms with van der Waals surface area (Å²) in [6.45, 7) is 13.6. The first-order chi connectivity index (χ1) is 10.3. The standard InChI is InChI=1S/C20H34O2/c1-15(11-14-21)8-9-18-20(5,22-18)13-10-17-16(2)7-6-12-19(17,3)4/h11,17-18,21H,2,6-10,12-14H2,1,3-5H3/b15-11+/t17-,18-,20-/m1/s1. The maximum Gasteiger partial charge on any atom is 0.0920 e. The van der Waals surface area contributed by atoms with Crippen molar-refractivity contribution in [2.45, 2.75) is 84.3 Å². The second-order valence-electron chi connectivity index (χ2n) is 8.28. The Bertz CT molecular complexity index is 435. The van der Waals surface area contributed by atoms with Crippen LogP contribution in [0.2, 0.25) is 0 Å². The summed E-state index contributed by atoms with van der Waals surface area (Å²) in [5.41, 5.74) is 3.20. The lowest BCUT2D eigenvalue weighted by atomic mass is 9.64. The molecule has 0 spiro atoms. The van der Waals surface area contributed by atoms with Crippen LogP contribution >= 0.6 is 0 Å². The van der Waals surface area contributed by atoms with Crippen LogP contribution in [0.5, 0.6) is 0 Å². The Morgan fingerprint density at radius 2 is 2.09 bits per heavy atom. The fraction of sp³-hybridized carbons (Fsp3) is 0.800. The molecule has 126 valence electrons. The summed E-state index contributed by atoms with van der Waals surface area (Å²) >= 11 is 0. The first kappa shape index (κ1) is 17.7. The number of allylic oxidation sites excluding steroid dienone is 2. The molecule has 2 fully saturated rings. The van der Waals surface area contributed by atoms with E-state index in [0.717, 1.165) is 19.3 Å². The van der Waals surface area contributed by atoms with Gasteiger partial charge in [0, 0.05) is 0 Å². The molecule has 22 heavy (non-hydrogen) atoms. The van der Waals surface area contributed by atoms with E-state index < -0.39 is 0 Å². The van der Waals surface area contributed by atoms with Crippen LogP contribution in [0.1, 0.15) is 72.6 Å². The predicted octanol–water partition coefficient (Wildman–Crippen LogP) is 5.03. The smallest absolute Gasteiger partial charge is 0.0920 e. The van der Waals surface area contributed by atoms with Gasteiger partial charge in [0.15, 0.2) is 0 Å². The number of aliphatic hydroxyl groups is 1. The van der Waals surface area contributed by atoms with Crippen molar-refractivity contribution in [2.24, 2.45) is 11.3 Å². The molecule has 0 aromatic rings. The molecule has 1 aliphatic heterocycles. The number of aliphatic hydroxyl groups excluding tert-OH is 1. The summed E-state index contributed by atoms with van der Waals surface area (Å²) in [5.74, 6) is 0.652. The van der Waals surface area contributed by atoms with Crippen molar-refractivity contribution in [3.05, 3.63) is 23.8 Å². The lowest BCUT2D eigenvalue weighted by Crippen LogP contribution is -2.30. The minimum Gasteiger partial charge on any atom is -0.392 e. The molecule has 2 aliphatic rings. The minimum atomic E-state index is 0.0767. The molecule has 2 heteroatoms. The van der Waals surface area contributed by atoms with Crippen LogP contribution in [0.4, 0.5) is 0 Å². The van der Waals surface area contributed by atoms with E-state index in [4.69, 9.17) is 9.84 Å². The third-order valence-corrected chi connectivity index (χ3v) is 5.96. The summed E-state index contributed by atoms with van der Waals surface area (Å²) in [6.07, 6.45) is 10.6. The van der Waals surface area contributed by atoms with Gasteiger partial charge in [-0.25, -0.2) is 0 Å². The molecule has 0 aromatic carbocycles. The van der Waals surface area contributed by atoms with Gasteiger partial charge in [0.1, 0.15) is 0 Å². The van der Waals surface area contributed by atoms with E-state index in [1.54, 1.807) is 0 Å². The van der Waals surface area contributed by atoms with Crippen LogP contribution in [-0.4, -0.2) is 23.4 Å². The van der Waals surface area contributed by atoms with Crippen molar-refractivity contribution in [3.8, 4) is 0 Å². The van der Waals surface area contributed by atoms with Crippen molar-refractivity contribution >= 4 is 0 Å². The second-order valence-corrected chi connectivity index (χ2v) is 8.28. The molecule has 1 aliphatic carbocycles. The third-order valence-electron chi connectivity index (χ3n) is 5.96. The largest absolute Gasteiger partial charge is 0.392 e. The van der Waals surface area contributed by atoms with Crippen LogP contribution in [0.15, 0.2) is 23.8 Å². The first-order valence-corrected chi connectivity index (χ1v) is 8.90. The molecule has 1 saturated carbocycles. The van der Waals surface area contributed by atoms with Gasteiger partial charge in [0.2, 0.25) is 0 Å². The monoisotopic (exact) mass is 306 g/mol. The summed E-state index contributed by atoms with van der Waals surface area (Å²) in [6, 6.07) is 0. The number of rotatable bonds is 7. The normalized spacial score (nSPS) is 34.8. The fourth-order valence-electron chi connectivity index (χ4n) is 4.19. The molecular formula is C20H34O2. The Hall–Kier alpha value is -0.600. The van der Waals surface area contributed by atoms with Crippen LogP contribution in [-0.2, 0) is 4.74 Å². The van der Waals surface area contributed by atoms with E-state index in [9.17, 15) is 0 Å². The molecule has 0 bridgehead atoms. The average Bonchev–Trinajstić information content (AvgIpc) is 3.06. The first-order valence-electron chi connectivity index (χ1n) is 8.90. The van der Waals surface area contributed by atoms with Gasteiger partial charge in [-0.15, -0.1) is 0 Å². The predicted molar refractivity (Wildman–Crippen MR) is 92.9 cm³/mol. The summed E-state index contributed by atoms with van der Waals surface area (Å²) in [4.78, 5) is 0. The van der Waals surface area contributed by atoms with Crippen LogP contribution in [0, 0.1) is 11.3 Å². The molecule has 3 atom stereocenters. The molecular weight excluding hydrogens is 272 g/mol. The van der Waals surface area contributed by atoms with Gasteiger partial charge in [-0.1, -0.05) is 37.6 Å². The Morgan fingerprint density at radius 1 is 1.36 bits per heavy atom. The van der Waals surface area contributed by atoms with Gasteiger partial charge >= 0.3 is 0 Å². The Morgan fingerprint density at radius 3 is 2.73 bits per heavy atom. The van der Waals surface area contributed by atoms with Crippen LogP contribution in [0.25, 0.3) is 0 Å². The molecule has 0 amide bonds. The van der Waals surface area contributed by atoms with E-state index >= 15 is 0 Å². The van der Waals surface area contributed by atoms with Gasteiger partial charge in [0.25, 0.3) is 0 Å². The van der Waals surface area contributed by atoms with E-state index in [-0.39, 0.29) is 12.2 Å². The maximum absolute atomic E-state index is 8.91. The van der Waals surface area contributed by atoms with Gasteiger partial charge in [0.05, 0.1) is 18.3 Å².